The number of benzene rings is 1. The fourth-order valence-corrected chi connectivity index (χ4v) is 3.22. The lowest BCUT2D eigenvalue weighted by Crippen LogP contribution is -2.49. The van der Waals surface area contributed by atoms with Crippen molar-refractivity contribution in [2.24, 2.45) is 0 Å². The van der Waals surface area contributed by atoms with Crippen LogP contribution in [0.4, 0.5) is 0 Å². The molecule has 1 aromatic carbocycles. The molecule has 0 saturated heterocycles. The standard InChI is InChI=1S/C17H15N5O4/c1-9-19-17-18-7-12(15(24)22(17)20-9)14(23)21-8-11-5-3-2-4-10(11)6-13(21)16(25)26/h2-5,7,13H,6,8H2,1H3,(H,25,26)(H,18,19,20). The van der Waals surface area contributed by atoms with Crippen LogP contribution in [0.3, 0.4) is 0 Å². The van der Waals surface area contributed by atoms with Gasteiger partial charge in [0.1, 0.15) is 17.4 Å². The molecule has 132 valence electrons. The molecule has 9 heteroatoms. The van der Waals surface area contributed by atoms with Crippen LogP contribution < -0.4 is 5.56 Å². The van der Waals surface area contributed by atoms with Gasteiger partial charge in [0.2, 0.25) is 0 Å². The third-order valence-electron chi connectivity index (χ3n) is 4.51. The second kappa shape index (κ2) is 5.80. The Bertz CT molecular complexity index is 1100. The van der Waals surface area contributed by atoms with Gasteiger partial charge in [0.05, 0.1) is 0 Å². The number of hydrogen-bond donors (Lipinski definition) is 2. The Kier molecular flexibility index (Phi) is 3.57. The Morgan fingerprint density at radius 1 is 1.27 bits per heavy atom. The highest BCUT2D eigenvalue weighted by atomic mass is 16.4. The predicted molar refractivity (Wildman–Crippen MR) is 89.8 cm³/mol. The number of carboxylic acids is 1. The topological polar surface area (TPSA) is 121 Å². The summed E-state index contributed by atoms with van der Waals surface area (Å²) in [5, 5.41) is 12.3. The maximum absolute atomic E-state index is 13.0. The molecule has 1 unspecified atom stereocenters. The van der Waals surface area contributed by atoms with E-state index < -0.39 is 23.5 Å². The van der Waals surface area contributed by atoms with Gasteiger partial charge in [-0.25, -0.2) is 9.78 Å². The number of aromatic nitrogens is 4. The van der Waals surface area contributed by atoms with Gasteiger partial charge in [-0.15, -0.1) is 0 Å². The first kappa shape index (κ1) is 16.0. The SMILES string of the molecule is Cc1nc2ncc(C(=O)N3Cc4ccccc4CC3C(=O)O)c(=O)n2[nH]1. The van der Waals surface area contributed by atoms with E-state index >= 15 is 0 Å². The molecule has 1 aliphatic heterocycles. The van der Waals surface area contributed by atoms with Crippen LogP contribution in [0.15, 0.2) is 35.3 Å². The molecule has 2 aromatic heterocycles. The fraction of sp³-hybridized carbons (Fsp3) is 0.235. The van der Waals surface area contributed by atoms with Gasteiger partial charge in [0.25, 0.3) is 17.2 Å². The molecule has 4 rings (SSSR count). The van der Waals surface area contributed by atoms with E-state index in [2.05, 4.69) is 15.1 Å². The van der Waals surface area contributed by atoms with Crippen molar-refractivity contribution >= 4 is 17.7 Å². The average Bonchev–Trinajstić information content (AvgIpc) is 3.01. The molecule has 0 spiro atoms. The van der Waals surface area contributed by atoms with Crippen molar-refractivity contribution in [1.29, 1.82) is 0 Å². The predicted octanol–water partition coefficient (Wildman–Crippen LogP) is 0.378. The molecule has 0 saturated carbocycles. The normalized spacial score (nSPS) is 16.5. The Morgan fingerprint density at radius 3 is 2.73 bits per heavy atom. The number of carbonyl (C=O) groups excluding carboxylic acids is 1. The highest BCUT2D eigenvalue weighted by Crippen LogP contribution is 2.24. The monoisotopic (exact) mass is 353 g/mol. The Labute approximate surface area is 146 Å². The molecule has 3 aromatic rings. The van der Waals surface area contributed by atoms with Crippen LogP contribution in [-0.2, 0) is 17.8 Å². The van der Waals surface area contributed by atoms with E-state index in [1.54, 1.807) is 6.92 Å². The van der Waals surface area contributed by atoms with Crippen molar-refractivity contribution in [2.75, 3.05) is 0 Å². The average molecular weight is 353 g/mol. The van der Waals surface area contributed by atoms with Crippen LogP contribution in [0.25, 0.3) is 5.78 Å². The number of aryl methyl sites for hydroxylation is 1. The number of carbonyl (C=O) groups is 2. The van der Waals surface area contributed by atoms with Gasteiger partial charge in [-0.1, -0.05) is 24.3 Å². The number of aromatic amines is 1. The molecule has 1 aliphatic rings. The first-order valence-electron chi connectivity index (χ1n) is 8.00. The van der Waals surface area contributed by atoms with Crippen LogP contribution in [0.1, 0.15) is 27.3 Å². The summed E-state index contributed by atoms with van der Waals surface area (Å²) in [5.74, 6) is -1.14. The molecule has 2 N–H and O–H groups in total. The van der Waals surface area contributed by atoms with Crippen molar-refractivity contribution in [3.63, 3.8) is 0 Å². The number of amides is 1. The quantitative estimate of drug-likeness (QED) is 0.687. The molecule has 1 amide bonds. The molecule has 0 aliphatic carbocycles. The second-order valence-corrected chi connectivity index (χ2v) is 6.18. The van der Waals surface area contributed by atoms with Crippen molar-refractivity contribution in [3.8, 4) is 0 Å². The minimum Gasteiger partial charge on any atom is -0.480 e. The van der Waals surface area contributed by atoms with Crippen LogP contribution in [0, 0.1) is 6.92 Å². The maximum atomic E-state index is 13.0. The summed E-state index contributed by atoms with van der Waals surface area (Å²) in [6.45, 7) is 1.79. The third kappa shape index (κ3) is 2.44. The zero-order valence-electron chi connectivity index (χ0n) is 13.8. The van der Waals surface area contributed by atoms with E-state index in [-0.39, 0.29) is 24.3 Å². The number of fused-ring (bicyclic) bond motifs is 2. The Hall–Kier alpha value is -3.49. The molecule has 9 nitrogen and oxygen atoms in total. The van der Waals surface area contributed by atoms with Gasteiger partial charge < -0.3 is 10.0 Å². The van der Waals surface area contributed by atoms with Gasteiger partial charge in [0, 0.05) is 19.2 Å². The first-order valence-corrected chi connectivity index (χ1v) is 8.00. The summed E-state index contributed by atoms with van der Waals surface area (Å²) in [6, 6.07) is 6.32. The lowest BCUT2D eigenvalue weighted by atomic mass is 9.93. The molecule has 0 bridgehead atoms. The molecular weight excluding hydrogens is 338 g/mol. The van der Waals surface area contributed by atoms with Gasteiger partial charge in [0.15, 0.2) is 0 Å². The van der Waals surface area contributed by atoms with Crippen molar-refractivity contribution in [2.45, 2.75) is 25.9 Å². The molecule has 26 heavy (non-hydrogen) atoms. The summed E-state index contributed by atoms with van der Waals surface area (Å²) in [4.78, 5) is 46.5. The summed E-state index contributed by atoms with van der Waals surface area (Å²) in [7, 11) is 0. The van der Waals surface area contributed by atoms with E-state index in [9.17, 15) is 19.5 Å². The van der Waals surface area contributed by atoms with Gasteiger partial charge in [-0.05, 0) is 18.1 Å². The number of nitrogens with zero attached hydrogens (tertiary/aromatic N) is 4. The summed E-state index contributed by atoms with van der Waals surface area (Å²) in [5.41, 5.74) is 0.948. The first-order chi connectivity index (χ1) is 12.5. The Balaban J connectivity index is 1.78. The lowest BCUT2D eigenvalue weighted by Gasteiger charge is -2.34. The highest BCUT2D eigenvalue weighted by molar-refractivity contribution is 5.96. The number of carboxylic acid groups (broad SMARTS) is 1. The largest absolute Gasteiger partial charge is 0.480 e. The zero-order chi connectivity index (χ0) is 18.4. The minimum absolute atomic E-state index is 0.121. The minimum atomic E-state index is -1.11. The lowest BCUT2D eigenvalue weighted by molar-refractivity contribution is -0.142. The highest BCUT2D eigenvalue weighted by Gasteiger charge is 2.36. The molecule has 0 radical (unpaired) electrons. The van der Waals surface area contributed by atoms with Gasteiger partial charge in [-0.3, -0.25) is 14.7 Å². The van der Waals surface area contributed by atoms with Gasteiger partial charge in [-0.2, -0.15) is 9.50 Å². The number of nitrogens with one attached hydrogen (secondary N) is 1. The van der Waals surface area contributed by atoms with Crippen LogP contribution in [0.2, 0.25) is 0 Å². The third-order valence-corrected chi connectivity index (χ3v) is 4.51. The molecule has 1 atom stereocenters. The van der Waals surface area contributed by atoms with Gasteiger partial charge >= 0.3 is 5.97 Å². The molecule has 3 heterocycles. The van der Waals surface area contributed by atoms with Crippen molar-refractivity contribution in [3.05, 3.63) is 63.3 Å². The fourth-order valence-electron chi connectivity index (χ4n) is 3.22. The van der Waals surface area contributed by atoms with Crippen molar-refractivity contribution in [1.82, 2.24) is 24.5 Å². The summed E-state index contributed by atoms with van der Waals surface area (Å²) >= 11 is 0. The van der Waals surface area contributed by atoms with E-state index in [0.29, 0.717) is 5.82 Å². The number of H-pyrrole nitrogens is 1. The molecule has 0 fully saturated rings. The smallest absolute Gasteiger partial charge is 0.326 e. The molecular formula is C17H15N5O4. The summed E-state index contributed by atoms with van der Waals surface area (Å²) < 4.78 is 1.08. The van der Waals surface area contributed by atoms with Crippen LogP contribution >= 0.6 is 0 Å². The number of aliphatic carboxylic acids is 1. The second-order valence-electron chi connectivity index (χ2n) is 6.18. The van der Waals surface area contributed by atoms with E-state index in [0.717, 1.165) is 21.8 Å². The van der Waals surface area contributed by atoms with Crippen molar-refractivity contribution < 1.29 is 14.7 Å². The van der Waals surface area contributed by atoms with E-state index in [1.807, 2.05) is 24.3 Å². The zero-order valence-corrected chi connectivity index (χ0v) is 13.8. The van der Waals surface area contributed by atoms with E-state index in [1.165, 1.54) is 4.90 Å². The number of rotatable bonds is 2. The Morgan fingerprint density at radius 2 is 2.00 bits per heavy atom. The van der Waals surface area contributed by atoms with Crippen LogP contribution in [0.5, 0.6) is 0 Å². The number of hydrogen-bond acceptors (Lipinski definition) is 5. The summed E-state index contributed by atoms with van der Waals surface area (Å²) in [6.07, 6.45) is 1.34. The maximum Gasteiger partial charge on any atom is 0.326 e. The van der Waals surface area contributed by atoms with E-state index in [4.69, 9.17) is 0 Å². The van der Waals surface area contributed by atoms with Crippen LogP contribution in [-0.4, -0.2) is 47.5 Å².